The first-order chi connectivity index (χ1) is 7.22. The molecule has 0 saturated heterocycles. The zero-order valence-corrected chi connectivity index (χ0v) is 8.78. The van der Waals surface area contributed by atoms with E-state index in [2.05, 4.69) is 15.1 Å². The molecule has 0 aliphatic rings. The Morgan fingerprint density at radius 3 is 3.20 bits per heavy atom. The number of H-pyrrole nitrogens is 1. The van der Waals surface area contributed by atoms with Crippen LogP contribution in [0.4, 0.5) is 0 Å². The molecule has 80 valence electrons. The lowest BCUT2D eigenvalue weighted by molar-refractivity contribution is 0.185. The van der Waals surface area contributed by atoms with Gasteiger partial charge in [0.15, 0.2) is 5.52 Å². The Balaban J connectivity index is 2.54. The molecule has 0 aliphatic heterocycles. The van der Waals surface area contributed by atoms with Crippen molar-refractivity contribution in [3.63, 3.8) is 0 Å². The standard InChI is InChI=1S/C8H9ClN4O2/c1-15-3-2-13-6-5(4-10-13)11-8(9)12-7(6)14/h4H,2-3H2,1H3,(H,11,12,14). The lowest BCUT2D eigenvalue weighted by Crippen LogP contribution is -2.14. The van der Waals surface area contributed by atoms with E-state index in [1.54, 1.807) is 11.8 Å². The van der Waals surface area contributed by atoms with Gasteiger partial charge in [-0.1, -0.05) is 0 Å². The van der Waals surface area contributed by atoms with Crippen LogP contribution in [-0.4, -0.2) is 33.5 Å². The van der Waals surface area contributed by atoms with E-state index < -0.39 is 0 Å². The van der Waals surface area contributed by atoms with Gasteiger partial charge in [-0.15, -0.1) is 0 Å². The molecule has 1 N–H and O–H groups in total. The number of aromatic nitrogens is 4. The van der Waals surface area contributed by atoms with Crippen molar-refractivity contribution in [1.29, 1.82) is 0 Å². The maximum Gasteiger partial charge on any atom is 0.278 e. The maximum absolute atomic E-state index is 11.6. The molecule has 0 saturated carbocycles. The molecule has 2 heterocycles. The van der Waals surface area contributed by atoms with Crippen molar-refractivity contribution >= 4 is 22.6 Å². The minimum absolute atomic E-state index is 0.0683. The van der Waals surface area contributed by atoms with Gasteiger partial charge in [0.25, 0.3) is 5.56 Å². The van der Waals surface area contributed by atoms with Gasteiger partial charge in [0, 0.05) is 7.11 Å². The number of halogens is 1. The normalized spacial score (nSPS) is 11.1. The van der Waals surface area contributed by atoms with E-state index in [4.69, 9.17) is 16.3 Å². The van der Waals surface area contributed by atoms with E-state index in [1.807, 2.05) is 0 Å². The zero-order chi connectivity index (χ0) is 10.8. The molecule has 0 aliphatic carbocycles. The molecule has 6 nitrogen and oxygen atoms in total. The molecule has 0 fully saturated rings. The summed E-state index contributed by atoms with van der Waals surface area (Å²) in [5, 5.41) is 4.10. The largest absolute Gasteiger partial charge is 0.383 e. The van der Waals surface area contributed by atoms with Gasteiger partial charge in [-0.3, -0.25) is 14.5 Å². The first kappa shape index (κ1) is 10.1. The Labute approximate surface area is 89.8 Å². The lowest BCUT2D eigenvalue weighted by atomic mass is 10.4. The fourth-order valence-electron chi connectivity index (χ4n) is 1.32. The minimum atomic E-state index is -0.293. The van der Waals surface area contributed by atoms with Gasteiger partial charge >= 0.3 is 0 Å². The summed E-state index contributed by atoms with van der Waals surface area (Å²) in [6.07, 6.45) is 1.51. The van der Waals surface area contributed by atoms with Crippen LogP contribution in [0.15, 0.2) is 11.0 Å². The molecule has 15 heavy (non-hydrogen) atoms. The van der Waals surface area contributed by atoms with Crippen LogP contribution in [0.2, 0.25) is 5.28 Å². The second-order valence-corrected chi connectivity index (χ2v) is 3.31. The average molecular weight is 229 g/mol. The molecule has 7 heteroatoms. The van der Waals surface area contributed by atoms with Crippen LogP contribution in [-0.2, 0) is 11.3 Å². The minimum Gasteiger partial charge on any atom is -0.383 e. The molecule has 0 bridgehead atoms. The van der Waals surface area contributed by atoms with Crippen LogP contribution in [0.5, 0.6) is 0 Å². The molecule has 2 aromatic heterocycles. The highest BCUT2D eigenvalue weighted by Crippen LogP contribution is 2.07. The first-order valence-corrected chi connectivity index (χ1v) is 4.70. The number of rotatable bonds is 3. The van der Waals surface area contributed by atoms with Crippen molar-refractivity contribution in [3.05, 3.63) is 21.8 Å². The Hall–Kier alpha value is -1.40. The second kappa shape index (κ2) is 4.00. The van der Waals surface area contributed by atoms with E-state index in [0.29, 0.717) is 24.2 Å². The molecule has 0 spiro atoms. The predicted octanol–water partition coefficient (Wildman–Crippen LogP) is 0.419. The summed E-state index contributed by atoms with van der Waals surface area (Å²) in [5.41, 5.74) is 0.606. The van der Waals surface area contributed by atoms with E-state index in [9.17, 15) is 4.79 Å². The number of hydrogen-bond acceptors (Lipinski definition) is 4. The van der Waals surface area contributed by atoms with Gasteiger partial charge in [0.2, 0.25) is 5.28 Å². The first-order valence-electron chi connectivity index (χ1n) is 4.32. The Bertz CT molecular complexity index is 533. The number of methoxy groups -OCH3 is 1. The van der Waals surface area contributed by atoms with Crippen LogP contribution >= 0.6 is 11.6 Å². The fraction of sp³-hybridized carbons (Fsp3) is 0.375. The smallest absolute Gasteiger partial charge is 0.278 e. The van der Waals surface area contributed by atoms with Gasteiger partial charge in [0.05, 0.1) is 19.3 Å². The van der Waals surface area contributed by atoms with Crippen molar-refractivity contribution < 1.29 is 4.74 Å². The van der Waals surface area contributed by atoms with Crippen molar-refractivity contribution in [1.82, 2.24) is 19.7 Å². The highest BCUT2D eigenvalue weighted by molar-refractivity contribution is 6.28. The number of ether oxygens (including phenoxy) is 1. The topological polar surface area (TPSA) is 72.8 Å². The summed E-state index contributed by atoms with van der Waals surface area (Å²) in [6, 6.07) is 0. The van der Waals surface area contributed by atoms with E-state index in [0.717, 1.165) is 0 Å². The molecule has 0 unspecified atom stereocenters. The average Bonchev–Trinajstić information content (AvgIpc) is 2.58. The molecule has 2 aromatic rings. The molecule has 2 rings (SSSR count). The molecule has 0 atom stereocenters. The van der Waals surface area contributed by atoms with E-state index in [1.165, 1.54) is 6.20 Å². The third-order valence-electron chi connectivity index (χ3n) is 1.98. The summed E-state index contributed by atoms with van der Waals surface area (Å²) in [7, 11) is 1.59. The maximum atomic E-state index is 11.6. The van der Waals surface area contributed by atoms with Crippen LogP contribution in [0.25, 0.3) is 11.0 Å². The van der Waals surface area contributed by atoms with Crippen LogP contribution in [0.1, 0.15) is 0 Å². The summed E-state index contributed by atoms with van der Waals surface area (Å²) in [5.74, 6) is 0. The number of fused-ring (bicyclic) bond motifs is 1. The van der Waals surface area contributed by atoms with Crippen LogP contribution in [0, 0.1) is 0 Å². The number of nitrogens with zero attached hydrogens (tertiary/aromatic N) is 3. The predicted molar refractivity (Wildman–Crippen MR) is 55.0 cm³/mol. The van der Waals surface area contributed by atoms with Crippen molar-refractivity contribution in [3.8, 4) is 0 Å². The lowest BCUT2D eigenvalue weighted by Gasteiger charge is -2.00. The summed E-state index contributed by atoms with van der Waals surface area (Å²) in [4.78, 5) is 17.9. The number of nitrogens with one attached hydrogen (secondary N) is 1. The quantitative estimate of drug-likeness (QED) is 0.773. The van der Waals surface area contributed by atoms with Gasteiger partial charge in [-0.2, -0.15) is 5.10 Å². The molecular formula is C8H9ClN4O2. The third kappa shape index (κ3) is 1.86. The van der Waals surface area contributed by atoms with E-state index >= 15 is 0 Å². The molecule has 0 aromatic carbocycles. The van der Waals surface area contributed by atoms with Gasteiger partial charge in [0.1, 0.15) is 5.52 Å². The Kier molecular flexibility index (Phi) is 2.70. The number of hydrogen-bond donors (Lipinski definition) is 1. The van der Waals surface area contributed by atoms with Gasteiger partial charge in [-0.05, 0) is 11.6 Å². The fourth-order valence-corrected chi connectivity index (χ4v) is 1.50. The van der Waals surface area contributed by atoms with E-state index in [-0.39, 0.29) is 10.8 Å². The molecule has 0 radical (unpaired) electrons. The second-order valence-electron chi connectivity index (χ2n) is 2.95. The highest BCUT2D eigenvalue weighted by atomic mass is 35.5. The Morgan fingerprint density at radius 2 is 2.47 bits per heavy atom. The molecular weight excluding hydrogens is 220 g/mol. The Morgan fingerprint density at radius 1 is 1.67 bits per heavy atom. The monoisotopic (exact) mass is 228 g/mol. The van der Waals surface area contributed by atoms with Crippen molar-refractivity contribution in [2.24, 2.45) is 0 Å². The molecule has 0 amide bonds. The van der Waals surface area contributed by atoms with Crippen LogP contribution in [0.3, 0.4) is 0 Å². The summed E-state index contributed by atoms with van der Waals surface area (Å²) < 4.78 is 6.45. The SMILES string of the molecule is COCCn1ncc2nc(Cl)[nH]c(=O)c21. The third-order valence-corrected chi connectivity index (χ3v) is 2.16. The van der Waals surface area contributed by atoms with Gasteiger partial charge in [-0.25, -0.2) is 4.98 Å². The highest BCUT2D eigenvalue weighted by Gasteiger charge is 2.08. The number of aromatic amines is 1. The summed E-state index contributed by atoms with van der Waals surface area (Å²) in [6.45, 7) is 0.991. The van der Waals surface area contributed by atoms with Gasteiger partial charge < -0.3 is 4.74 Å². The van der Waals surface area contributed by atoms with Crippen molar-refractivity contribution in [2.45, 2.75) is 6.54 Å². The zero-order valence-electron chi connectivity index (χ0n) is 8.03. The van der Waals surface area contributed by atoms with Crippen LogP contribution < -0.4 is 5.56 Å². The van der Waals surface area contributed by atoms with Crippen molar-refractivity contribution in [2.75, 3.05) is 13.7 Å². The summed E-state index contributed by atoms with van der Waals surface area (Å²) >= 11 is 5.61.